The van der Waals surface area contributed by atoms with Gasteiger partial charge in [0.05, 0.1) is 0 Å². The Hall–Kier alpha value is -0.940. The van der Waals surface area contributed by atoms with Crippen LogP contribution in [0.1, 0.15) is 0 Å². The second kappa shape index (κ2) is 6.29. The van der Waals surface area contributed by atoms with Gasteiger partial charge in [0, 0.05) is 44.0 Å². The van der Waals surface area contributed by atoms with Crippen molar-refractivity contribution in [2.45, 2.75) is 0 Å². The molecule has 0 radical (unpaired) electrons. The van der Waals surface area contributed by atoms with Crippen LogP contribution in [0.2, 0.25) is 0 Å². The van der Waals surface area contributed by atoms with Gasteiger partial charge < -0.3 is 14.5 Å². The van der Waals surface area contributed by atoms with E-state index < -0.39 is 0 Å². The maximum Gasteiger partial charge on any atom is 0.133 e. The molecule has 0 saturated carbocycles. The number of benzene rings is 1. The zero-order chi connectivity index (χ0) is 13.0. The van der Waals surface area contributed by atoms with E-state index >= 15 is 0 Å². The molecule has 1 heterocycles. The zero-order valence-corrected chi connectivity index (χ0v) is 11.7. The van der Waals surface area contributed by atoms with E-state index in [9.17, 15) is 4.39 Å². The molecular weight excluding hydrogens is 251 g/mol. The van der Waals surface area contributed by atoms with Gasteiger partial charge in [-0.25, -0.2) is 4.39 Å². The highest BCUT2D eigenvalue weighted by molar-refractivity contribution is 7.98. The van der Waals surface area contributed by atoms with Crippen LogP contribution in [0.25, 0.3) is 0 Å². The van der Waals surface area contributed by atoms with E-state index in [-0.39, 0.29) is 5.82 Å². The highest BCUT2D eigenvalue weighted by Gasteiger charge is 2.15. The predicted molar refractivity (Wildman–Crippen MR) is 75.1 cm³/mol. The van der Waals surface area contributed by atoms with Gasteiger partial charge in [0.15, 0.2) is 0 Å². The van der Waals surface area contributed by atoms with Crippen LogP contribution in [0.15, 0.2) is 18.2 Å². The zero-order valence-electron chi connectivity index (χ0n) is 10.9. The van der Waals surface area contributed by atoms with Crippen LogP contribution in [-0.2, 0) is 0 Å². The molecule has 0 aliphatic carbocycles. The van der Waals surface area contributed by atoms with Gasteiger partial charge in [-0.15, -0.1) is 11.8 Å². The van der Waals surface area contributed by atoms with Crippen molar-refractivity contribution in [3.05, 3.63) is 24.0 Å². The molecule has 0 atom stereocenters. The van der Waals surface area contributed by atoms with Crippen LogP contribution >= 0.6 is 11.8 Å². The van der Waals surface area contributed by atoms with E-state index in [2.05, 4.69) is 16.8 Å². The largest absolute Gasteiger partial charge is 0.483 e. The second-order valence-corrected chi connectivity index (χ2v) is 5.30. The molecule has 0 spiro atoms. The third kappa shape index (κ3) is 3.53. The Kier molecular flexibility index (Phi) is 4.72. The standard InChI is InChI=1S/C13H19FN2OS/c1-15-3-5-16(6-4-15)12-7-11(14)8-13(9-12)17-10-18-2/h7-9H,3-6,10H2,1-2H3. The van der Waals surface area contributed by atoms with E-state index in [0.29, 0.717) is 11.7 Å². The summed E-state index contributed by atoms with van der Waals surface area (Å²) in [5.74, 6) is 0.923. The van der Waals surface area contributed by atoms with Gasteiger partial charge in [-0.2, -0.15) is 0 Å². The number of anilines is 1. The van der Waals surface area contributed by atoms with Crippen LogP contribution < -0.4 is 9.64 Å². The number of ether oxygens (including phenoxy) is 1. The highest BCUT2D eigenvalue weighted by atomic mass is 32.2. The first-order valence-electron chi connectivity index (χ1n) is 6.05. The number of likely N-dealkylation sites (N-methyl/N-ethyl adjacent to an activating group) is 1. The van der Waals surface area contributed by atoms with Gasteiger partial charge in [0.1, 0.15) is 17.5 Å². The highest BCUT2D eigenvalue weighted by Crippen LogP contribution is 2.24. The van der Waals surface area contributed by atoms with Crippen LogP contribution in [0.5, 0.6) is 5.75 Å². The molecule has 0 N–H and O–H groups in total. The van der Waals surface area contributed by atoms with Crippen molar-refractivity contribution < 1.29 is 9.13 Å². The SMILES string of the molecule is CSCOc1cc(F)cc(N2CCN(C)CC2)c1. The molecule has 0 unspecified atom stereocenters. The molecule has 100 valence electrons. The lowest BCUT2D eigenvalue weighted by Crippen LogP contribution is -2.44. The van der Waals surface area contributed by atoms with Crippen molar-refractivity contribution in [3.8, 4) is 5.75 Å². The molecule has 0 amide bonds. The lowest BCUT2D eigenvalue weighted by Gasteiger charge is -2.34. The minimum absolute atomic E-state index is 0.234. The van der Waals surface area contributed by atoms with E-state index in [1.807, 2.05) is 12.3 Å². The smallest absolute Gasteiger partial charge is 0.133 e. The minimum atomic E-state index is -0.234. The van der Waals surface area contributed by atoms with Crippen molar-refractivity contribution in [1.82, 2.24) is 4.90 Å². The molecule has 18 heavy (non-hydrogen) atoms. The fraction of sp³-hybridized carbons (Fsp3) is 0.538. The monoisotopic (exact) mass is 270 g/mol. The number of halogens is 1. The molecule has 2 rings (SSSR count). The number of rotatable bonds is 4. The summed E-state index contributed by atoms with van der Waals surface area (Å²) in [7, 11) is 2.11. The summed E-state index contributed by atoms with van der Waals surface area (Å²) in [6.07, 6.45) is 1.96. The minimum Gasteiger partial charge on any atom is -0.483 e. The van der Waals surface area contributed by atoms with Crippen molar-refractivity contribution in [2.24, 2.45) is 0 Å². The molecule has 0 aromatic heterocycles. The van der Waals surface area contributed by atoms with Crippen LogP contribution in [0.3, 0.4) is 0 Å². The molecule has 1 aliphatic heterocycles. The normalized spacial score (nSPS) is 16.9. The average molecular weight is 270 g/mol. The van der Waals surface area contributed by atoms with Gasteiger partial charge in [0.2, 0.25) is 0 Å². The Morgan fingerprint density at radius 3 is 2.61 bits per heavy atom. The number of hydrogen-bond acceptors (Lipinski definition) is 4. The summed E-state index contributed by atoms with van der Waals surface area (Å²) >= 11 is 1.58. The van der Waals surface area contributed by atoms with Crippen LogP contribution in [-0.4, -0.2) is 50.3 Å². The summed E-state index contributed by atoms with van der Waals surface area (Å²) in [5.41, 5.74) is 0.916. The first-order valence-corrected chi connectivity index (χ1v) is 7.44. The Balaban J connectivity index is 2.09. The Morgan fingerprint density at radius 1 is 1.22 bits per heavy atom. The van der Waals surface area contributed by atoms with Crippen molar-refractivity contribution in [1.29, 1.82) is 0 Å². The van der Waals surface area contributed by atoms with Gasteiger partial charge in [-0.05, 0) is 19.4 Å². The summed E-state index contributed by atoms with van der Waals surface area (Å²) in [6, 6.07) is 4.94. The third-order valence-corrected chi connectivity index (χ3v) is 3.42. The number of thioether (sulfide) groups is 1. The Bertz CT molecular complexity index is 395. The Labute approximate surface area is 112 Å². The summed E-state index contributed by atoms with van der Waals surface area (Å²) in [6.45, 7) is 3.89. The second-order valence-electron chi connectivity index (χ2n) is 4.49. The van der Waals surface area contributed by atoms with Gasteiger partial charge >= 0.3 is 0 Å². The quantitative estimate of drug-likeness (QED) is 0.780. The molecule has 1 fully saturated rings. The molecule has 3 nitrogen and oxygen atoms in total. The molecule has 1 aliphatic rings. The first-order chi connectivity index (χ1) is 8.69. The predicted octanol–water partition coefficient (Wildman–Crippen LogP) is 2.28. The first kappa shape index (κ1) is 13.5. The average Bonchev–Trinajstić information content (AvgIpc) is 2.36. The van der Waals surface area contributed by atoms with Gasteiger partial charge in [-0.3, -0.25) is 0 Å². The fourth-order valence-corrected chi connectivity index (χ4v) is 2.26. The molecule has 0 bridgehead atoms. The van der Waals surface area contributed by atoms with E-state index in [0.717, 1.165) is 31.9 Å². The lowest BCUT2D eigenvalue weighted by molar-refractivity contribution is 0.312. The lowest BCUT2D eigenvalue weighted by atomic mass is 10.2. The molecule has 1 aromatic rings. The van der Waals surface area contributed by atoms with Crippen LogP contribution in [0, 0.1) is 5.82 Å². The Morgan fingerprint density at radius 2 is 1.94 bits per heavy atom. The summed E-state index contributed by atoms with van der Waals surface area (Å²) in [5, 5.41) is 0. The van der Waals surface area contributed by atoms with Gasteiger partial charge in [0.25, 0.3) is 0 Å². The fourth-order valence-electron chi connectivity index (χ4n) is 2.01. The van der Waals surface area contributed by atoms with E-state index in [1.165, 1.54) is 6.07 Å². The summed E-state index contributed by atoms with van der Waals surface area (Å²) < 4.78 is 19.0. The topological polar surface area (TPSA) is 15.7 Å². The van der Waals surface area contributed by atoms with Crippen molar-refractivity contribution in [2.75, 3.05) is 50.3 Å². The number of nitrogens with zero attached hydrogens (tertiary/aromatic N) is 2. The van der Waals surface area contributed by atoms with Crippen molar-refractivity contribution in [3.63, 3.8) is 0 Å². The van der Waals surface area contributed by atoms with Crippen molar-refractivity contribution >= 4 is 17.4 Å². The van der Waals surface area contributed by atoms with E-state index in [1.54, 1.807) is 17.8 Å². The third-order valence-electron chi connectivity index (χ3n) is 3.07. The number of piperazine rings is 1. The van der Waals surface area contributed by atoms with Crippen LogP contribution in [0.4, 0.5) is 10.1 Å². The molecule has 1 aromatic carbocycles. The summed E-state index contributed by atoms with van der Waals surface area (Å²) in [4.78, 5) is 4.48. The maximum atomic E-state index is 13.6. The number of hydrogen-bond donors (Lipinski definition) is 0. The van der Waals surface area contributed by atoms with E-state index in [4.69, 9.17) is 4.74 Å². The molecule has 5 heteroatoms. The molecule has 1 saturated heterocycles. The van der Waals surface area contributed by atoms with Gasteiger partial charge in [-0.1, -0.05) is 0 Å². The maximum absolute atomic E-state index is 13.6. The molecular formula is C13H19FN2OS.